The molecule has 1 saturated carbocycles. The smallest absolute Gasteiger partial charge is 0.337 e. The number of aromatic nitrogens is 3. The summed E-state index contributed by atoms with van der Waals surface area (Å²) in [7, 11) is 5.30. The number of rotatable bonds is 6. The van der Waals surface area contributed by atoms with Crippen molar-refractivity contribution < 1.29 is 22.8 Å². The zero-order valence-electron chi connectivity index (χ0n) is 15.2. The van der Waals surface area contributed by atoms with E-state index in [1.54, 1.807) is 18.5 Å². The predicted octanol–water partition coefficient (Wildman–Crippen LogP) is 2.61. The second kappa shape index (κ2) is 6.75. The van der Waals surface area contributed by atoms with E-state index in [-0.39, 0.29) is 18.9 Å². The summed E-state index contributed by atoms with van der Waals surface area (Å²) in [6.07, 6.45) is 4.99. The number of esters is 1. The van der Waals surface area contributed by atoms with E-state index in [4.69, 9.17) is 4.74 Å². The highest BCUT2D eigenvalue weighted by molar-refractivity contribution is 5.90. The number of pyridine rings is 1. The summed E-state index contributed by atoms with van der Waals surface area (Å²) >= 11 is 0. The van der Waals surface area contributed by atoms with E-state index in [0.717, 1.165) is 6.54 Å². The lowest BCUT2D eigenvalue weighted by Crippen LogP contribution is -2.59. The second-order valence-corrected chi connectivity index (χ2v) is 7.34. The molecule has 0 N–H and O–H groups in total. The van der Waals surface area contributed by atoms with Gasteiger partial charge in [-0.2, -0.15) is 0 Å². The Hall–Kier alpha value is -2.35. The standard InChI is InChI=1S/C18H23F2N4O2/c1-24(2,14-9-18(19,20)10-14)7-6-23-11-16(22-12-23)15-8-13(4-5-21-15)17(25)26-3/h4-5,8,11-12,14H,6-7,9-10H2,1-3H3/q+1. The van der Waals surface area contributed by atoms with Gasteiger partial charge in [-0.1, -0.05) is 0 Å². The highest BCUT2D eigenvalue weighted by Gasteiger charge is 2.52. The number of alkyl halides is 2. The number of hydrogen-bond acceptors (Lipinski definition) is 4. The lowest BCUT2D eigenvalue weighted by Gasteiger charge is -2.46. The topological polar surface area (TPSA) is 57.0 Å². The van der Waals surface area contributed by atoms with Crippen molar-refractivity contribution in [1.29, 1.82) is 0 Å². The number of carbonyl (C=O) groups excluding carboxylic acids is 1. The van der Waals surface area contributed by atoms with Gasteiger partial charge in [-0.15, -0.1) is 0 Å². The minimum Gasteiger partial charge on any atom is -0.465 e. The van der Waals surface area contributed by atoms with Crippen molar-refractivity contribution in [3.8, 4) is 11.4 Å². The van der Waals surface area contributed by atoms with Crippen molar-refractivity contribution >= 4 is 5.97 Å². The Morgan fingerprint density at radius 2 is 2.08 bits per heavy atom. The first-order valence-electron chi connectivity index (χ1n) is 8.47. The number of likely N-dealkylation sites (N-methyl/N-ethyl adjacent to an activating group) is 1. The van der Waals surface area contributed by atoms with E-state index < -0.39 is 11.9 Å². The Kier molecular flexibility index (Phi) is 4.79. The van der Waals surface area contributed by atoms with Gasteiger partial charge < -0.3 is 13.8 Å². The highest BCUT2D eigenvalue weighted by atomic mass is 19.3. The molecular weight excluding hydrogens is 342 g/mol. The van der Waals surface area contributed by atoms with Gasteiger partial charge in [-0.25, -0.2) is 18.6 Å². The van der Waals surface area contributed by atoms with Gasteiger partial charge in [0.2, 0.25) is 0 Å². The van der Waals surface area contributed by atoms with Crippen LogP contribution < -0.4 is 0 Å². The molecule has 0 aromatic carbocycles. The number of quaternary nitrogens is 1. The van der Waals surface area contributed by atoms with E-state index in [1.807, 2.05) is 24.9 Å². The molecule has 2 aromatic rings. The lowest BCUT2D eigenvalue weighted by molar-refractivity contribution is -0.924. The molecule has 0 amide bonds. The van der Waals surface area contributed by atoms with E-state index >= 15 is 0 Å². The Morgan fingerprint density at radius 1 is 1.35 bits per heavy atom. The van der Waals surface area contributed by atoms with Crippen LogP contribution in [0.1, 0.15) is 23.2 Å². The van der Waals surface area contributed by atoms with Gasteiger partial charge in [-0.3, -0.25) is 4.98 Å². The summed E-state index contributed by atoms with van der Waals surface area (Å²) in [5.41, 5.74) is 1.64. The molecule has 0 radical (unpaired) electrons. The fraction of sp³-hybridized carbons (Fsp3) is 0.500. The van der Waals surface area contributed by atoms with Gasteiger partial charge in [0, 0.05) is 12.4 Å². The maximum atomic E-state index is 13.1. The van der Waals surface area contributed by atoms with Crippen LogP contribution in [0.3, 0.4) is 0 Å². The average molecular weight is 365 g/mol. The van der Waals surface area contributed by atoms with E-state index in [1.165, 1.54) is 13.3 Å². The molecule has 0 saturated heterocycles. The molecule has 2 heterocycles. The Labute approximate surface area is 151 Å². The van der Waals surface area contributed by atoms with E-state index in [0.29, 0.717) is 28.0 Å². The van der Waals surface area contributed by atoms with E-state index in [2.05, 4.69) is 9.97 Å². The van der Waals surface area contributed by atoms with Crippen LogP contribution in [0.15, 0.2) is 30.9 Å². The fourth-order valence-corrected chi connectivity index (χ4v) is 3.11. The quantitative estimate of drug-likeness (QED) is 0.583. The van der Waals surface area contributed by atoms with E-state index in [9.17, 15) is 13.6 Å². The summed E-state index contributed by atoms with van der Waals surface area (Å²) in [5.74, 6) is -2.93. The SMILES string of the molecule is COC(=O)c1ccnc(-c2cn(CC[N+](C)(C)C3CC(F)(F)C3)cn2)c1. The second-order valence-electron chi connectivity index (χ2n) is 7.34. The van der Waals surface area contributed by atoms with Crippen LogP contribution in [0.2, 0.25) is 0 Å². The molecule has 0 spiro atoms. The third-order valence-corrected chi connectivity index (χ3v) is 5.07. The number of hydrogen-bond donors (Lipinski definition) is 0. The number of ether oxygens (including phenoxy) is 1. The third kappa shape index (κ3) is 3.90. The molecule has 1 fully saturated rings. The Balaban J connectivity index is 1.64. The molecule has 1 aliphatic rings. The first-order chi connectivity index (χ1) is 12.2. The van der Waals surface area contributed by atoms with Gasteiger partial charge in [0.1, 0.15) is 11.7 Å². The lowest BCUT2D eigenvalue weighted by atomic mass is 9.85. The summed E-state index contributed by atoms with van der Waals surface area (Å²) < 4.78 is 33.4. The molecule has 8 heteroatoms. The van der Waals surface area contributed by atoms with Crippen LogP contribution in [0.5, 0.6) is 0 Å². The first-order valence-corrected chi connectivity index (χ1v) is 8.47. The van der Waals surface area contributed by atoms with Gasteiger partial charge >= 0.3 is 5.97 Å². The van der Waals surface area contributed by atoms with Crippen molar-refractivity contribution in [2.24, 2.45) is 0 Å². The van der Waals surface area contributed by atoms with Crippen LogP contribution in [0.4, 0.5) is 8.78 Å². The van der Waals surface area contributed by atoms with Gasteiger partial charge in [0.25, 0.3) is 5.92 Å². The number of methoxy groups -OCH3 is 1. The molecular formula is C18H23F2N4O2+. The average Bonchev–Trinajstić information content (AvgIpc) is 3.06. The maximum Gasteiger partial charge on any atom is 0.337 e. The molecule has 26 heavy (non-hydrogen) atoms. The van der Waals surface area contributed by atoms with Crippen LogP contribution in [-0.4, -0.2) is 64.7 Å². The number of nitrogens with zero attached hydrogens (tertiary/aromatic N) is 4. The molecule has 140 valence electrons. The van der Waals surface area contributed by atoms with Crippen molar-refractivity contribution in [1.82, 2.24) is 14.5 Å². The number of carbonyl (C=O) groups is 1. The van der Waals surface area contributed by atoms with Crippen LogP contribution >= 0.6 is 0 Å². The molecule has 6 nitrogen and oxygen atoms in total. The Bertz CT molecular complexity index is 796. The fourth-order valence-electron chi connectivity index (χ4n) is 3.11. The third-order valence-electron chi connectivity index (χ3n) is 5.07. The summed E-state index contributed by atoms with van der Waals surface area (Å²) in [5, 5.41) is 0. The first kappa shape index (κ1) is 18.4. The molecule has 0 bridgehead atoms. The highest BCUT2D eigenvalue weighted by Crippen LogP contribution is 2.42. The molecule has 0 aliphatic heterocycles. The molecule has 0 atom stereocenters. The monoisotopic (exact) mass is 365 g/mol. The number of halogens is 2. The van der Waals surface area contributed by atoms with Gasteiger partial charge in [0.15, 0.2) is 0 Å². The van der Waals surface area contributed by atoms with Crippen molar-refractivity contribution in [2.75, 3.05) is 27.7 Å². The van der Waals surface area contributed by atoms with Crippen molar-refractivity contribution in [3.63, 3.8) is 0 Å². The molecule has 2 aromatic heterocycles. The maximum absolute atomic E-state index is 13.1. The van der Waals surface area contributed by atoms with Crippen molar-refractivity contribution in [3.05, 3.63) is 36.4 Å². The molecule has 3 rings (SSSR count). The normalized spacial score (nSPS) is 17.0. The zero-order valence-corrected chi connectivity index (χ0v) is 15.2. The van der Waals surface area contributed by atoms with Crippen LogP contribution in [0.25, 0.3) is 11.4 Å². The van der Waals surface area contributed by atoms with Crippen LogP contribution in [0, 0.1) is 0 Å². The van der Waals surface area contributed by atoms with Gasteiger partial charge in [-0.05, 0) is 12.1 Å². The van der Waals surface area contributed by atoms with Gasteiger partial charge in [0.05, 0.1) is 64.7 Å². The zero-order chi connectivity index (χ0) is 18.9. The van der Waals surface area contributed by atoms with Crippen LogP contribution in [-0.2, 0) is 11.3 Å². The minimum absolute atomic E-state index is 0.00797. The van der Waals surface area contributed by atoms with Crippen molar-refractivity contribution in [2.45, 2.75) is 31.4 Å². The summed E-state index contributed by atoms with van der Waals surface area (Å²) in [6, 6.07) is 3.21. The summed E-state index contributed by atoms with van der Waals surface area (Å²) in [4.78, 5) is 20.2. The predicted molar refractivity (Wildman–Crippen MR) is 91.7 cm³/mol. The summed E-state index contributed by atoms with van der Waals surface area (Å²) in [6.45, 7) is 1.39. The Morgan fingerprint density at radius 3 is 2.73 bits per heavy atom. The minimum atomic E-state index is -2.50. The largest absolute Gasteiger partial charge is 0.465 e. The molecule has 1 aliphatic carbocycles. The molecule has 0 unspecified atom stereocenters. The number of imidazole rings is 1.